The summed E-state index contributed by atoms with van der Waals surface area (Å²) in [6.45, 7) is 7.40. The molecule has 0 spiro atoms. The number of ether oxygens (including phenoxy) is 1. The lowest BCUT2D eigenvalue weighted by molar-refractivity contribution is 0.0796. The van der Waals surface area contributed by atoms with Gasteiger partial charge in [-0.05, 0) is 38.5 Å². The summed E-state index contributed by atoms with van der Waals surface area (Å²) < 4.78 is 27.7. The lowest BCUT2D eigenvalue weighted by atomic mass is 10.1. The molecule has 0 heterocycles. The highest BCUT2D eigenvalue weighted by Gasteiger charge is 2.09. The first kappa shape index (κ1) is 16.1. The highest BCUT2D eigenvalue weighted by atomic mass is 32.2. The molecule has 1 unspecified atom stereocenters. The molecule has 1 aromatic rings. The summed E-state index contributed by atoms with van der Waals surface area (Å²) in [5.41, 5.74) is 1.01. The van der Waals surface area contributed by atoms with E-state index in [0.29, 0.717) is 6.61 Å². The van der Waals surface area contributed by atoms with Gasteiger partial charge in [-0.25, -0.2) is 13.6 Å². The standard InChI is InChI=1S/C13H22N2O3S/c1-10(2)18-9-8-15-11(3)12-4-6-13(7-5-12)19(14,16)17/h4-7,10-11,15H,8-9H2,1-3H3,(H2,14,16,17). The summed E-state index contributed by atoms with van der Waals surface area (Å²) in [5, 5.41) is 8.36. The van der Waals surface area contributed by atoms with Crippen molar-refractivity contribution in [3.63, 3.8) is 0 Å². The molecular weight excluding hydrogens is 264 g/mol. The zero-order valence-corrected chi connectivity index (χ0v) is 12.4. The Labute approximate surface area is 115 Å². The molecule has 0 aromatic heterocycles. The number of sulfonamides is 1. The van der Waals surface area contributed by atoms with Crippen LogP contribution in [0.25, 0.3) is 0 Å². The van der Waals surface area contributed by atoms with Crippen molar-refractivity contribution in [2.24, 2.45) is 5.14 Å². The van der Waals surface area contributed by atoms with Gasteiger partial charge in [-0.2, -0.15) is 0 Å². The van der Waals surface area contributed by atoms with Crippen LogP contribution < -0.4 is 10.5 Å². The molecule has 0 amide bonds. The number of rotatable bonds is 7. The van der Waals surface area contributed by atoms with Crippen molar-refractivity contribution in [2.75, 3.05) is 13.2 Å². The van der Waals surface area contributed by atoms with Crippen LogP contribution in [0.1, 0.15) is 32.4 Å². The normalized spacial score (nSPS) is 13.7. The van der Waals surface area contributed by atoms with Crippen LogP contribution in [0.5, 0.6) is 0 Å². The first-order valence-electron chi connectivity index (χ1n) is 6.28. The van der Waals surface area contributed by atoms with Crippen LogP contribution in [-0.4, -0.2) is 27.7 Å². The average Bonchev–Trinajstić information content (AvgIpc) is 2.33. The Morgan fingerprint density at radius 2 is 1.79 bits per heavy atom. The van der Waals surface area contributed by atoms with Gasteiger partial charge in [0.05, 0.1) is 17.6 Å². The molecule has 0 saturated heterocycles. The molecule has 5 nitrogen and oxygen atoms in total. The van der Waals surface area contributed by atoms with Crippen molar-refractivity contribution < 1.29 is 13.2 Å². The van der Waals surface area contributed by atoms with Gasteiger partial charge >= 0.3 is 0 Å². The van der Waals surface area contributed by atoms with Crippen LogP contribution in [-0.2, 0) is 14.8 Å². The van der Waals surface area contributed by atoms with Crippen LogP contribution in [0.15, 0.2) is 29.2 Å². The summed E-state index contributed by atoms with van der Waals surface area (Å²) in [5.74, 6) is 0. The second-order valence-electron chi connectivity index (χ2n) is 4.71. The van der Waals surface area contributed by atoms with E-state index in [4.69, 9.17) is 9.88 Å². The lowest BCUT2D eigenvalue weighted by Gasteiger charge is -2.15. The molecular formula is C13H22N2O3S. The van der Waals surface area contributed by atoms with E-state index in [1.54, 1.807) is 12.1 Å². The summed E-state index contributed by atoms with van der Waals surface area (Å²) in [7, 11) is -3.62. The molecule has 1 aromatic carbocycles. The maximum Gasteiger partial charge on any atom is 0.238 e. The van der Waals surface area contributed by atoms with Gasteiger partial charge in [0, 0.05) is 12.6 Å². The lowest BCUT2D eigenvalue weighted by Crippen LogP contribution is -2.24. The number of hydrogen-bond acceptors (Lipinski definition) is 4. The Morgan fingerprint density at radius 3 is 2.26 bits per heavy atom. The van der Waals surface area contributed by atoms with Crippen LogP contribution in [0, 0.1) is 0 Å². The minimum absolute atomic E-state index is 0.130. The first-order valence-corrected chi connectivity index (χ1v) is 7.83. The number of nitrogens with two attached hydrogens (primary N) is 1. The van der Waals surface area contributed by atoms with Gasteiger partial charge < -0.3 is 10.1 Å². The number of nitrogens with one attached hydrogen (secondary N) is 1. The van der Waals surface area contributed by atoms with Crippen LogP contribution in [0.2, 0.25) is 0 Å². The van der Waals surface area contributed by atoms with E-state index in [0.717, 1.165) is 12.1 Å². The van der Waals surface area contributed by atoms with Gasteiger partial charge in [-0.3, -0.25) is 0 Å². The molecule has 0 aliphatic carbocycles. The number of benzene rings is 1. The number of primary sulfonamides is 1. The molecule has 3 N–H and O–H groups in total. The average molecular weight is 286 g/mol. The summed E-state index contributed by atoms with van der Waals surface area (Å²) in [6.07, 6.45) is 0.228. The highest BCUT2D eigenvalue weighted by molar-refractivity contribution is 7.89. The van der Waals surface area contributed by atoms with Crippen LogP contribution in [0.4, 0.5) is 0 Å². The first-order chi connectivity index (χ1) is 8.80. The molecule has 0 bridgehead atoms. The zero-order valence-electron chi connectivity index (χ0n) is 11.6. The Kier molecular flexibility index (Phi) is 5.93. The van der Waals surface area contributed by atoms with E-state index >= 15 is 0 Å². The molecule has 0 radical (unpaired) electrons. The highest BCUT2D eigenvalue weighted by Crippen LogP contribution is 2.15. The summed E-state index contributed by atoms with van der Waals surface area (Å²) >= 11 is 0. The van der Waals surface area contributed by atoms with Crippen molar-refractivity contribution >= 4 is 10.0 Å². The Bertz CT molecular complexity index is 483. The smallest absolute Gasteiger partial charge is 0.238 e. The molecule has 19 heavy (non-hydrogen) atoms. The van der Waals surface area contributed by atoms with E-state index < -0.39 is 10.0 Å². The fourth-order valence-corrected chi connectivity index (χ4v) is 2.15. The molecule has 1 rings (SSSR count). The molecule has 108 valence electrons. The Hall–Kier alpha value is -0.950. The van der Waals surface area contributed by atoms with Gasteiger partial charge in [0.1, 0.15) is 0 Å². The van der Waals surface area contributed by atoms with Crippen molar-refractivity contribution in [2.45, 2.75) is 37.8 Å². The minimum Gasteiger partial charge on any atom is -0.377 e. The fraction of sp³-hybridized carbons (Fsp3) is 0.538. The second-order valence-corrected chi connectivity index (χ2v) is 6.27. The summed E-state index contributed by atoms with van der Waals surface area (Å²) in [6, 6.07) is 6.70. The van der Waals surface area contributed by atoms with E-state index in [1.807, 2.05) is 20.8 Å². The molecule has 6 heteroatoms. The molecule has 0 aliphatic rings. The summed E-state index contributed by atoms with van der Waals surface area (Å²) in [4.78, 5) is 0.131. The maximum absolute atomic E-state index is 11.1. The Morgan fingerprint density at radius 1 is 1.21 bits per heavy atom. The minimum atomic E-state index is -3.62. The zero-order chi connectivity index (χ0) is 14.5. The van der Waals surface area contributed by atoms with Crippen molar-refractivity contribution in [1.29, 1.82) is 0 Å². The van der Waals surface area contributed by atoms with Crippen molar-refractivity contribution in [3.8, 4) is 0 Å². The van der Waals surface area contributed by atoms with Crippen LogP contribution >= 0.6 is 0 Å². The third-order valence-corrected chi connectivity index (χ3v) is 3.64. The van der Waals surface area contributed by atoms with E-state index in [-0.39, 0.29) is 17.0 Å². The third kappa shape index (κ3) is 5.69. The monoisotopic (exact) mass is 286 g/mol. The van der Waals surface area contributed by atoms with Gasteiger partial charge in [0.2, 0.25) is 10.0 Å². The van der Waals surface area contributed by atoms with Gasteiger partial charge in [-0.15, -0.1) is 0 Å². The molecule has 0 aliphatic heterocycles. The van der Waals surface area contributed by atoms with E-state index in [2.05, 4.69) is 5.32 Å². The largest absolute Gasteiger partial charge is 0.377 e. The Balaban J connectivity index is 2.51. The predicted octanol–water partition coefficient (Wildman–Crippen LogP) is 1.41. The quantitative estimate of drug-likeness (QED) is 0.743. The molecule has 0 fully saturated rings. The van der Waals surface area contributed by atoms with Gasteiger partial charge in [0.15, 0.2) is 0 Å². The SMILES string of the molecule is CC(C)OCCNC(C)c1ccc(S(N)(=O)=O)cc1. The number of hydrogen-bond donors (Lipinski definition) is 2. The van der Waals surface area contributed by atoms with Crippen LogP contribution in [0.3, 0.4) is 0 Å². The van der Waals surface area contributed by atoms with Crippen molar-refractivity contribution in [3.05, 3.63) is 29.8 Å². The van der Waals surface area contributed by atoms with E-state index in [1.165, 1.54) is 12.1 Å². The third-order valence-electron chi connectivity index (χ3n) is 2.71. The molecule has 0 saturated carbocycles. The van der Waals surface area contributed by atoms with Crippen molar-refractivity contribution in [1.82, 2.24) is 5.32 Å². The van der Waals surface area contributed by atoms with Gasteiger partial charge in [-0.1, -0.05) is 12.1 Å². The predicted molar refractivity (Wildman–Crippen MR) is 75.3 cm³/mol. The molecule has 1 atom stereocenters. The second kappa shape index (κ2) is 7.00. The van der Waals surface area contributed by atoms with Gasteiger partial charge in [0.25, 0.3) is 0 Å². The fourth-order valence-electron chi connectivity index (χ4n) is 1.63. The topological polar surface area (TPSA) is 81.4 Å². The maximum atomic E-state index is 11.1. The van der Waals surface area contributed by atoms with E-state index in [9.17, 15) is 8.42 Å².